The van der Waals surface area contributed by atoms with E-state index in [2.05, 4.69) is 75.6 Å². The molecule has 0 aromatic heterocycles. The molecule has 4 nitrogen and oxygen atoms in total. The van der Waals surface area contributed by atoms with Gasteiger partial charge in [-0.2, -0.15) is 0 Å². The van der Waals surface area contributed by atoms with Crippen LogP contribution >= 0.6 is 0 Å². The van der Waals surface area contributed by atoms with Gasteiger partial charge in [0.2, 0.25) is 0 Å². The number of hydrogen-bond acceptors (Lipinski definition) is 4. The minimum Gasteiger partial charge on any atom is -0.391 e. The summed E-state index contributed by atoms with van der Waals surface area (Å²) in [4.78, 5) is 0. The Morgan fingerprint density at radius 3 is 2.07 bits per heavy atom. The summed E-state index contributed by atoms with van der Waals surface area (Å²) in [5.74, 6) is 0.0458. The van der Waals surface area contributed by atoms with Crippen molar-refractivity contribution in [2.45, 2.75) is 88.7 Å². The Balaban J connectivity index is 1.52. The van der Waals surface area contributed by atoms with E-state index in [1.807, 2.05) is 18.2 Å². The van der Waals surface area contributed by atoms with Crippen LogP contribution in [0.25, 0.3) is 0 Å². The molecule has 0 amide bonds. The Morgan fingerprint density at radius 1 is 0.833 bits per heavy atom. The Kier molecular flexibility index (Phi) is 5.56. The molecule has 0 radical (unpaired) electrons. The van der Waals surface area contributed by atoms with Crippen LogP contribution in [0.15, 0.2) is 48.5 Å². The maximum Gasteiger partial charge on any atom is 0.0949 e. The van der Waals surface area contributed by atoms with Crippen molar-refractivity contribution in [2.24, 2.45) is 0 Å². The molecule has 4 rings (SSSR count). The van der Waals surface area contributed by atoms with Gasteiger partial charge in [0.15, 0.2) is 0 Å². The molecule has 0 spiro atoms. The number of aliphatic hydroxyl groups excluding tert-OH is 2. The molecule has 0 saturated heterocycles. The molecule has 0 aliphatic heterocycles. The highest BCUT2D eigenvalue weighted by molar-refractivity contribution is 5.41. The van der Waals surface area contributed by atoms with Crippen LogP contribution < -0.4 is 10.6 Å². The van der Waals surface area contributed by atoms with Gasteiger partial charge in [-0.25, -0.2) is 0 Å². The maximum atomic E-state index is 11.3. The van der Waals surface area contributed by atoms with Crippen LogP contribution in [0.3, 0.4) is 0 Å². The SMILES string of the molecule is CC(C)(C)NC1c2ccccc2C(CC(C)(C)NC2Cc3ccccc3C2O)C1O. The van der Waals surface area contributed by atoms with Crippen LogP contribution in [0.2, 0.25) is 0 Å². The summed E-state index contributed by atoms with van der Waals surface area (Å²) >= 11 is 0. The first-order chi connectivity index (χ1) is 14.1. The first kappa shape index (κ1) is 21.5. The van der Waals surface area contributed by atoms with E-state index in [0.717, 1.165) is 18.4 Å². The third-order valence-electron chi connectivity index (χ3n) is 6.57. The highest BCUT2D eigenvalue weighted by Gasteiger charge is 2.44. The standard InChI is InChI=1S/C26H36N2O2/c1-25(2,3)28-22-19-13-9-8-12-18(19)20(24(22)30)15-26(4,5)27-21-14-16-10-6-7-11-17(16)23(21)29/h6-13,20-24,27-30H,14-15H2,1-5H3. The molecule has 0 fully saturated rings. The molecule has 2 aliphatic rings. The molecule has 0 saturated carbocycles. The zero-order valence-electron chi connectivity index (χ0n) is 18.8. The van der Waals surface area contributed by atoms with E-state index in [1.165, 1.54) is 16.7 Å². The Morgan fingerprint density at radius 2 is 1.43 bits per heavy atom. The number of nitrogens with one attached hydrogen (secondary N) is 2. The minimum atomic E-state index is -0.489. The molecule has 4 N–H and O–H groups in total. The monoisotopic (exact) mass is 408 g/mol. The molecule has 4 heteroatoms. The van der Waals surface area contributed by atoms with Crippen molar-refractivity contribution in [3.63, 3.8) is 0 Å². The number of aliphatic hydroxyl groups is 2. The summed E-state index contributed by atoms with van der Waals surface area (Å²) in [6.45, 7) is 10.8. The van der Waals surface area contributed by atoms with E-state index in [0.29, 0.717) is 0 Å². The van der Waals surface area contributed by atoms with Gasteiger partial charge in [-0.05, 0) is 69.7 Å². The van der Waals surface area contributed by atoms with Gasteiger partial charge in [-0.1, -0.05) is 48.5 Å². The van der Waals surface area contributed by atoms with Gasteiger partial charge in [0.1, 0.15) is 0 Å². The van der Waals surface area contributed by atoms with Crippen LogP contribution in [-0.4, -0.2) is 33.4 Å². The smallest absolute Gasteiger partial charge is 0.0949 e. The Hall–Kier alpha value is -1.72. The van der Waals surface area contributed by atoms with E-state index < -0.39 is 12.2 Å². The number of benzene rings is 2. The predicted octanol–water partition coefficient (Wildman–Crippen LogP) is 3.99. The summed E-state index contributed by atoms with van der Waals surface area (Å²) in [6.07, 6.45) is 0.663. The molecule has 5 atom stereocenters. The Bertz CT molecular complexity index is 902. The second-order valence-electron chi connectivity index (χ2n) is 10.8. The van der Waals surface area contributed by atoms with Crippen LogP contribution in [0.4, 0.5) is 0 Å². The van der Waals surface area contributed by atoms with Gasteiger partial charge in [0, 0.05) is 23.0 Å². The van der Waals surface area contributed by atoms with Crippen molar-refractivity contribution in [3.05, 3.63) is 70.8 Å². The average molecular weight is 409 g/mol. The molecule has 30 heavy (non-hydrogen) atoms. The lowest BCUT2D eigenvalue weighted by Gasteiger charge is -2.36. The maximum absolute atomic E-state index is 11.3. The van der Waals surface area contributed by atoms with Crippen molar-refractivity contribution < 1.29 is 10.2 Å². The van der Waals surface area contributed by atoms with Gasteiger partial charge >= 0.3 is 0 Å². The molecule has 2 aromatic rings. The van der Waals surface area contributed by atoms with Crippen LogP contribution in [0.1, 0.15) is 81.4 Å². The molecular weight excluding hydrogens is 372 g/mol. The summed E-state index contributed by atoms with van der Waals surface area (Å²) in [5, 5.41) is 29.5. The van der Waals surface area contributed by atoms with Crippen LogP contribution in [0, 0.1) is 0 Å². The van der Waals surface area contributed by atoms with Gasteiger partial charge in [-0.15, -0.1) is 0 Å². The van der Waals surface area contributed by atoms with E-state index >= 15 is 0 Å². The van der Waals surface area contributed by atoms with Crippen LogP contribution in [0.5, 0.6) is 0 Å². The normalized spacial score (nSPS) is 28.4. The molecular formula is C26H36N2O2. The number of hydrogen-bond donors (Lipinski definition) is 4. The van der Waals surface area contributed by atoms with E-state index in [9.17, 15) is 10.2 Å². The summed E-state index contributed by atoms with van der Waals surface area (Å²) in [7, 11) is 0. The fraction of sp³-hybridized carbons (Fsp3) is 0.538. The van der Waals surface area contributed by atoms with Crippen molar-refractivity contribution in [1.82, 2.24) is 10.6 Å². The van der Waals surface area contributed by atoms with Gasteiger partial charge in [-0.3, -0.25) is 0 Å². The third-order valence-corrected chi connectivity index (χ3v) is 6.57. The fourth-order valence-electron chi connectivity index (χ4n) is 5.41. The fourth-order valence-corrected chi connectivity index (χ4v) is 5.41. The zero-order chi connectivity index (χ0) is 21.7. The van der Waals surface area contributed by atoms with Crippen LogP contribution in [-0.2, 0) is 6.42 Å². The van der Waals surface area contributed by atoms with Crippen molar-refractivity contribution in [2.75, 3.05) is 0 Å². The topological polar surface area (TPSA) is 64.5 Å². The molecule has 2 aromatic carbocycles. The van der Waals surface area contributed by atoms with Crippen molar-refractivity contribution >= 4 is 0 Å². The zero-order valence-corrected chi connectivity index (χ0v) is 18.8. The number of fused-ring (bicyclic) bond motifs is 2. The largest absolute Gasteiger partial charge is 0.391 e. The predicted molar refractivity (Wildman–Crippen MR) is 122 cm³/mol. The van der Waals surface area contributed by atoms with Crippen molar-refractivity contribution in [3.8, 4) is 0 Å². The van der Waals surface area contributed by atoms with E-state index in [1.54, 1.807) is 0 Å². The summed E-state index contributed by atoms with van der Waals surface area (Å²) in [5.41, 5.74) is 4.38. The lowest BCUT2D eigenvalue weighted by atomic mass is 9.84. The van der Waals surface area contributed by atoms with E-state index in [-0.39, 0.29) is 29.1 Å². The summed E-state index contributed by atoms with van der Waals surface area (Å²) < 4.78 is 0. The van der Waals surface area contributed by atoms with Gasteiger partial charge < -0.3 is 20.8 Å². The van der Waals surface area contributed by atoms with Crippen molar-refractivity contribution in [1.29, 1.82) is 0 Å². The van der Waals surface area contributed by atoms with Gasteiger partial charge in [0.25, 0.3) is 0 Å². The molecule has 2 aliphatic carbocycles. The quantitative estimate of drug-likeness (QED) is 0.604. The van der Waals surface area contributed by atoms with Gasteiger partial charge in [0.05, 0.1) is 18.2 Å². The second kappa shape index (κ2) is 7.76. The minimum absolute atomic E-state index is 0.00492. The highest BCUT2D eigenvalue weighted by Crippen LogP contribution is 2.45. The Labute approximate surface area is 180 Å². The highest BCUT2D eigenvalue weighted by atomic mass is 16.3. The molecule has 5 unspecified atom stereocenters. The number of rotatable bonds is 5. The van der Waals surface area contributed by atoms with E-state index in [4.69, 9.17) is 0 Å². The lowest BCUT2D eigenvalue weighted by Crippen LogP contribution is -2.49. The summed E-state index contributed by atoms with van der Waals surface area (Å²) in [6, 6.07) is 16.5. The first-order valence-electron chi connectivity index (χ1n) is 11.1. The molecule has 0 bridgehead atoms. The first-order valence-corrected chi connectivity index (χ1v) is 11.1. The second-order valence-corrected chi connectivity index (χ2v) is 10.8. The molecule has 162 valence electrons. The third kappa shape index (κ3) is 4.19. The average Bonchev–Trinajstić information content (AvgIpc) is 3.10. The lowest BCUT2D eigenvalue weighted by molar-refractivity contribution is 0.0804. The molecule has 0 heterocycles.